The minimum atomic E-state index is -4.67. The number of nitrogens with two attached hydrogens (primary N) is 3. The molecule has 40 heavy (non-hydrogen) atoms. The van der Waals surface area contributed by atoms with E-state index in [1.54, 1.807) is 18.2 Å². The van der Waals surface area contributed by atoms with Crippen molar-refractivity contribution in [2.75, 3.05) is 19.0 Å². The molecule has 218 valence electrons. The lowest BCUT2D eigenvalue weighted by Crippen LogP contribution is -2.32. The van der Waals surface area contributed by atoms with E-state index in [0.717, 1.165) is 10.8 Å². The third kappa shape index (κ3) is 7.52. The van der Waals surface area contributed by atoms with Gasteiger partial charge < -0.3 is 16.6 Å². The fourth-order valence-corrected chi connectivity index (χ4v) is 6.90. The number of H-pyrrole nitrogens is 1. The Morgan fingerprint density at radius 3 is 2.42 bits per heavy atom. The van der Waals surface area contributed by atoms with Gasteiger partial charge in [-0.25, -0.2) is 36.1 Å². The van der Waals surface area contributed by atoms with Crippen LogP contribution in [0.3, 0.4) is 0 Å². The van der Waals surface area contributed by atoms with Gasteiger partial charge >= 0.3 is 0 Å². The molecule has 0 saturated carbocycles. The molecule has 0 aliphatic rings. The van der Waals surface area contributed by atoms with Gasteiger partial charge in [0.1, 0.15) is 16.5 Å². The molecule has 2 heterocycles. The summed E-state index contributed by atoms with van der Waals surface area (Å²) in [6.07, 6.45) is -0.0105. The van der Waals surface area contributed by atoms with Crippen LogP contribution in [0.15, 0.2) is 40.1 Å². The standard InChI is InChI=1S/C18H20FN9O4S3.C2H6.CH2O2/c19-8-9(20)6-7-23-35(31,32)13-5-4-10(11-2-1-3-12-15(11)24-18(21)33-12)14(16(13)34(22,29)30)17-25-27-28-26-17;1-2;2-1-3/h1-5,9,23H,6-8,20H2,(H2,21,24)(H2,22,29,30)(H,25,26,27,28);1-2H3;1H,(H,2,3). The zero-order chi connectivity index (χ0) is 30.1. The highest BCUT2D eigenvalue weighted by molar-refractivity contribution is 7.92. The monoisotopic (exact) mass is 617 g/mol. The molecule has 2 aromatic carbocycles. The summed E-state index contributed by atoms with van der Waals surface area (Å²) in [5, 5.41) is 26.1. The summed E-state index contributed by atoms with van der Waals surface area (Å²) in [6, 6.07) is 6.78. The van der Waals surface area contributed by atoms with Crippen molar-refractivity contribution in [3.05, 3.63) is 30.3 Å². The number of tetrazole rings is 1. The van der Waals surface area contributed by atoms with E-state index >= 15 is 0 Å². The van der Waals surface area contributed by atoms with Crippen LogP contribution in [0.1, 0.15) is 20.3 Å². The first-order valence-electron chi connectivity index (χ1n) is 11.4. The number of anilines is 1. The number of aromatic nitrogens is 5. The molecule has 0 aliphatic carbocycles. The molecule has 4 rings (SSSR count). The molecule has 1 unspecified atom stereocenters. The van der Waals surface area contributed by atoms with Crippen LogP contribution in [-0.2, 0) is 24.8 Å². The number of nitrogens with zero attached hydrogens (tertiary/aromatic N) is 4. The minimum absolute atomic E-state index is 0.0105. The van der Waals surface area contributed by atoms with E-state index in [0.29, 0.717) is 11.1 Å². The van der Waals surface area contributed by atoms with Crippen molar-refractivity contribution in [3.63, 3.8) is 0 Å². The van der Waals surface area contributed by atoms with Crippen LogP contribution in [0.5, 0.6) is 0 Å². The summed E-state index contributed by atoms with van der Waals surface area (Å²) >= 11 is 1.23. The summed E-state index contributed by atoms with van der Waals surface area (Å²) in [5.41, 5.74) is 12.3. The van der Waals surface area contributed by atoms with Gasteiger partial charge in [0.15, 0.2) is 5.13 Å². The van der Waals surface area contributed by atoms with Crippen LogP contribution >= 0.6 is 11.3 Å². The van der Waals surface area contributed by atoms with Crippen LogP contribution in [0.25, 0.3) is 32.7 Å². The number of sulfonamides is 2. The van der Waals surface area contributed by atoms with E-state index in [1.165, 1.54) is 17.4 Å². The van der Waals surface area contributed by atoms with Crippen molar-refractivity contribution >= 4 is 53.2 Å². The maximum atomic E-state index is 13.1. The zero-order valence-corrected chi connectivity index (χ0v) is 23.7. The van der Waals surface area contributed by atoms with Gasteiger partial charge in [0.25, 0.3) is 6.47 Å². The number of fused-ring (bicyclic) bond motifs is 1. The maximum Gasteiger partial charge on any atom is 0.290 e. The van der Waals surface area contributed by atoms with Gasteiger partial charge in [-0.3, -0.25) is 4.79 Å². The van der Waals surface area contributed by atoms with E-state index in [9.17, 15) is 21.2 Å². The predicted molar refractivity (Wildman–Crippen MR) is 148 cm³/mol. The second-order valence-corrected chi connectivity index (χ2v) is 11.8. The van der Waals surface area contributed by atoms with Crippen molar-refractivity contribution in [3.8, 4) is 22.5 Å². The second kappa shape index (κ2) is 14.1. The molecular formula is C21H28FN9O6S3. The average Bonchev–Trinajstić information content (AvgIpc) is 3.58. The number of rotatable bonds is 9. The second-order valence-electron chi connectivity index (χ2n) is 7.51. The number of aromatic amines is 1. The highest BCUT2D eigenvalue weighted by Crippen LogP contribution is 2.41. The Morgan fingerprint density at radius 2 is 1.85 bits per heavy atom. The van der Waals surface area contributed by atoms with Gasteiger partial charge in [0.2, 0.25) is 25.9 Å². The van der Waals surface area contributed by atoms with E-state index in [4.69, 9.17) is 26.5 Å². The van der Waals surface area contributed by atoms with Gasteiger partial charge in [-0.15, -0.1) is 10.2 Å². The fourth-order valence-electron chi connectivity index (χ4n) is 3.49. The van der Waals surface area contributed by atoms with Crippen molar-refractivity contribution in [1.82, 2.24) is 30.3 Å². The molecule has 0 fully saturated rings. The molecule has 0 amide bonds. The largest absolute Gasteiger partial charge is 0.483 e. The normalized spacial score (nSPS) is 12.1. The summed E-state index contributed by atoms with van der Waals surface area (Å²) in [4.78, 5) is 11.3. The van der Waals surface area contributed by atoms with Crippen molar-refractivity contribution in [2.24, 2.45) is 10.9 Å². The molecule has 2 aromatic heterocycles. The number of carboxylic acid groups (broad SMARTS) is 1. The average molecular weight is 618 g/mol. The topological polar surface area (TPSA) is 263 Å². The minimum Gasteiger partial charge on any atom is -0.483 e. The van der Waals surface area contributed by atoms with Gasteiger partial charge in [-0.2, -0.15) is 5.21 Å². The van der Waals surface area contributed by atoms with Crippen molar-refractivity contribution in [1.29, 1.82) is 0 Å². The number of nitrogens with one attached hydrogen (secondary N) is 2. The quantitative estimate of drug-likeness (QED) is 0.144. The van der Waals surface area contributed by atoms with E-state index in [-0.39, 0.29) is 41.5 Å². The summed E-state index contributed by atoms with van der Waals surface area (Å²) in [5.74, 6) is -0.208. The highest BCUT2D eigenvalue weighted by Gasteiger charge is 2.32. The predicted octanol–water partition coefficient (Wildman–Crippen LogP) is 1.07. The highest BCUT2D eigenvalue weighted by atomic mass is 32.2. The number of para-hydroxylation sites is 1. The first kappa shape index (κ1) is 32.6. The molecule has 9 N–H and O–H groups in total. The van der Waals surface area contributed by atoms with E-state index in [1.807, 2.05) is 13.8 Å². The Hall–Kier alpha value is -3.62. The number of hydrogen-bond donors (Lipinski definition) is 6. The number of halogens is 1. The summed E-state index contributed by atoms with van der Waals surface area (Å²) < 4.78 is 67.4. The Morgan fingerprint density at radius 1 is 1.18 bits per heavy atom. The molecule has 0 aliphatic heterocycles. The van der Waals surface area contributed by atoms with Gasteiger partial charge in [-0.1, -0.05) is 43.4 Å². The molecule has 15 nitrogen and oxygen atoms in total. The lowest BCUT2D eigenvalue weighted by molar-refractivity contribution is -0.122. The van der Waals surface area contributed by atoms with E-state index in [2.05, 4.69) is 30.3 Å². The Balaban J connectivity index is 0.00000105. The molecule has 0 radical (unpaired) electrons. The van der Waals surface area contributed by atoms with Crippen LogP contribution in [0.4, 0.5) is 9.52 Å². The number of primary sulfonamides is 1. The Bertz CT molecular complexity index is 1650. The van der Waals surface area contributed by atoms with Crippen LogP contribution in [-0.4, -0.2) is 73.3 Å². The Labute approximate surface area is 233 Å². The molecule has 0 bridgehead atoms. The fraction of sp³-hybridized carbons (Fsp3) is 0.286. The zero-order valence-electron chi connectivity index (χ0n) is 21.3. The van der Waals surface area contributed by atoms with E-state index < -0.39 is 42.6 Å². The summed E-state index contributed by atoms with van der Waals surface area (Å²) in [7, 11) is -9.10. The molecule has 19 heteroatoms. The molecule has 4 aromatic rings. The van der Waals surface area contributed by atoms with Crippen LogP contribution in [0.2, 0.25) is 0 Å². The first-order valence-corrected chi connectivity index (χ1v) is 15.3. The number of nitrogen functional groups attached to an aromatic ring is 1. The number of carbonyl (C=O) groups is 1. The SMILES string of the molecule is CC.Nc1nc2c(-c3ccc(S(=O)(=O)NCCC(N)CF)c(S(N)(=O)=O)c3-c3nn[nH]n3)cccc2s1.O=CO. The molecule has 0 saturated heterocycles. The van der Waals surface area contributed by atoms with Gasteiger partial charge in [0.05, 0.1) is 15.8 Å². The molecular weight excluding hydrogens is 589 g/mol. The van der Waals surface area contributed by atoms with Crippen molar-refractivity contribution < 1.29 is 31.1 Å². The number of thiazole rings is 1. The molecule has 1 atom stereocenters. The van der Waals surface area contributed by atoms with Gasteiger partial charge in [-0.05, 0) is 29.3 Å². The summed E-state index contributed by atoms with van der Waals surface area (Å²) in [6.45, 7) is 2.68. The van der Waals surface area contributed by atoms with Crippen molar-refractivity contribution in [2.45, 2.75) is 36.1 Å². The first-order chi connectivity index (χ1) is 18.9. The third-order valence-electron chi connectivity index (χ3n) is 5.00. The van der Waals surface area contributed by atoms with Crippen LogP contribution < -0.4 is 21.3 Å². The number of benzene rings is 2. The van der Waals surface area contributed by atoms with Crippen LogP contribution in [0, 0.1) is 0 Å². The molecule has 0 spiro atoms. The maximum absolute atomic E-state index is 13.1. The van der Waals surface area contributed by atoms with Gasteiger partial charge in [0, 0.05) is 18.2 Å². The smallest absolute Gasteiger partial charge is 0.290 e. The lowest BCUT2D eigenvalue weighted by Gasteiger charge is -2.17. The lowest BCUT2D eigenvalue weighted by atomic mass is 9.98. The Kier molecular flexibility index (Phi) is 11.5. The number of alkyl halides is 1. The third-order valence-corrected chi connectivity index (χ3v) is 8.47. The number of hydrogen-bond acceptors (Lipinski definition) is 12.